The number of hydrogen-bond donors (Lipinski definition) is 3. The van der Waals surface area contributed by atoms with Gasteiger partial charge in [0.05, 0.1) is 0 Å². The summed E-state index contributed by atoms with van der Waals surface area (Å²) in [6, 6.07) is 4.26. The molecule has 1 atom stereocenters. The zero-order chi connectivity index (χ0) is 14.3. The van der Waals surface area contributed by atoms with Gasteiger partial charge in [0.25, 0.3) is 5.91 Å². The average molecular weight is 330 g/mol. The molecule has 1 rings (SSSR count). The summed E-state index contributed by atoms with van der Waals surface area (Å²) < 4.78 is 0. The summed E-state index contributed by atoms with van der Waals surface area (Å²) in [6.07, 6.45) is 3.09. The maximum atomic E-state index is 12.0. The van der Waals surface area contributed by atoms with E-state index in [0.29, 0.717) is 12.5 Å². The Kier molecular flexibility index (Phi) is 6.70. The predicted molar refractivity (Wildman–Crippen MR) is 78.9 cm³/mol. The van der Waals surface area contributed by atoms with Gasteiger partial charge < -0.3 is 15.5 Å². The van der Waals surface area contributed by atoms with Gasteiger partial charge in [0.15, 0.2) is 0 Å². The summed E-state index contributed by atoms with van der Waals surface area (Å²) in [4.78, 5) is 12.0. The minimum absolute atomic E-state index is 0.0587. The molecule has 0 fully saturated rings. The third-order valence-corrected chi connectivity index (χ3v) is 3.47. The van der Waals surface area contributed by atoms with Crippen LogP contribution in [0.1, 0.15) is 36.5 Å². The minimum Gasteiger partial charge on any atom is -0.507 e. The van der Waals surface area contributed by atoms with Crippen LogP contribution < -0.4 is 5.32 Å². The highest BCUT2D eigenvalue weighted by molar-refractivity contribution is 9.09. The first-order chi connectivity index (χ1) is 9.10. The Morgan fingerprint density at radius 2 is 1.95 bits per heavy atom. The third-order valence-electron chi connectivity index (χ3n) is 3.01. The molecule has 19 heavy (non-hydrogen) atoms. The molecule has 1 aromatic rings. The van der Waals surface area contributed by atoms with Gasteiger partial charge in [-0.3, -0.25) is 4.79 Å². The van der Waals surface area contributed by atoms with Crippen molar-refractivity contribution < 1.29 is 15.0 Å². The molecule has 0 aromatic heterocycles. The summed E-state index contributed by atoms with van der Waals surface area (Å²) in [6.45, 7) is 2.66. The van der Waals surface area contributed by atoms with Crippen molar-refractivity contribution in [3.63, 3.8) is 0 Å². The van der Waals surface area contributed by atoms with Crippen LogP contribution in [0.3, 0.4) is 0 Å². The molecular formula is C14H20BrNO3. The van der Waals surface area contributed by atoms with E-state index in [4.69, 9.17) is 0 Å². The van der Waals surface area contributed by atoms with Gasteiger partial charge in [-0.05, 0) is 30.9 Å². The van der Waals surface area contributed by atoms with Gasteiger partial charge in [0.1, 0.15) is 17.1 Å². The van der Waals surface area contributed by atoms with E-state index < -0.39 is 5.91 Å². The van der Waals surface area contributed by atoms with Crippen molar-refractivity contribution >= 4 is 21.8 Å². The van der Waals surface area contributed by atoms with Crippen LogP contribution in [0.25, 0.3) is 0 Å². The van der Waals surface area contributed by atoms with Gasteiger partial charge in [-0.1, -0.05) is 35.3 Å². The Morgan fingerprint density at radius 3 is 2.47 bits per heavy atom. The summed E-state index contributed by atoms with van der Waals surface area (Å²) in [7, 11) is 0. The van der Waals surface area contributed by atoms with Crippen LogP contribution in [0.5, 0.6) is 11.5 Å². The second kappa shape index (κ2) is 8.04. The Labute approximate surface area is 122 Å². The Morgan fingerprint density at radius 1 is 1.32 bits per heavy atom. The molecule has 1 amide bonds. The number of halogens is 1. The SMILES string of the molecule is CCCC(CCBr)CNC(=O)c1c(O)cccc1O. The fourth-order valence-corrected chi connectivity index (χ4v) is 2.64. The Bertz CT molecular complexity index is 397. The number of nitrogens with one attached hydrogen (secondary N) is 1. The number of alkyl halides is 1. The summed E-state index contributed by atoms with van der Waals surface area (Å²) in [5.41, 5.74) is -0.0587. The first-order valence-electron chi connectivity index (χ1n) is 6.45. The zero-order valence-corrected chi connectivity index (χ0v) is 12.6. The molecule has 0 aliphatic rings. The van der Waals surface area contributed by atoms with E-state index in [1.165, 1.54) is 18.2 Å². The van der Waals surface area contributed by atoms with Crippen LogP contribution in [0, 0.1) is 5.92 Å². The second-order valence-electron chi connectivity index (χ2n) is 4.51. The lowest BCUT2D eigenvalue weighted by Crippen LogP contribution is -2.29. The molecular weight excluding hydrogens is 310 g/mol. The molecule has 5 heteroatoms. The van der Waals surface area contributed by atoms with Crippen LogP contribution >= 0.6 is 15.9 Å². The second-order valence-corrected chi connectivity index (χ2v) is 5.31. The Balaban J connectivity index is 2.64. The van der Waals surface area contributed by atoms with Crippen molar-refractivity contribution in [3.8, 4) is 11.5 Å². The van der Waals surface area contributed by atoms with Gasteiger partial charge in [-0.2, -0.15) is 0 Å². The van der Waals surface area contributed by atoms with E-state index >= 15 is 0 Å². The number of aromatic hydroxyl groups is 2. The number of phenols is 2. The number of carbonyl (C=O) groups excluding carboxylic acids is 1. The zero-order valence-electron chi connectivity index (χ0n) is 11.0. The summed E-state index contributed by atoms with van der Waals surface area (Å²) >= 11 is 3.40. The molecule has 0 heterocycles. The molecule has 1 unspecified atom stereocenters. The standard InChI is InChI=1S/C14H20BrNO3/c1-2-4-10(7-8-15)9-16-14(19)13-11(17)5-3-6-12(13)18/h3,5-6,10,17-18H,2,4,7-9H2,1H3,(H,16,19). The van der Waals surface area contributed by atoms with Gasteiger partial charge in [0, 0.05) is 11.9 Å². The topological polar surface area (TPSA) is 69.6 Å². The van der Waals surface area contributed by atoms with Crippen molar-refractivity contribution in [1.82, 2.24) is 5.32 Å². The highest BCUT2D eigenvalue weighted by atomic mass is 79.9. The first kappa shape index (κ1) is 15.8. The highest BCUT2D eigenvalue weighted by Gasteiger charge is 2.17. The summed E-state index contributed by atoms with van der Waals surface area (Å²) in [5.74, 6) is -0.442. The predicted octanol–water partition coefficient (Wildman–Crippen LogP) is 3.03. The molecule has 0 saturated heterocycles. The largest absolute Gasteiger partial charge is 0.507 e. The van der Waals surface area contributed by atoms with Gasteiger partial charge >= 0.3 is 0 Å². The average Bonchev–Trinajstić information content (AvgIpc) is 2.36. The van der Waals surface area contributed by atoms with Crippen LogP contribution in [-0.4, -0.2) is 28.0 Å². The molecule has 106 valence electrons. The first-order valence-corrected chi connectivity index (χ1v) is 7.57. The van der Waals surface area contributed by atoms with Crippen molar-refractivity contribution in [2.75, 3.05) is 11.9 Å². The number of carbonyl (C=O) groups is 1. The highest BCUT2D eigenvalue weighted by Crippen LogP contribution is 2.26. The molecule has 3 N–H and O–H groups in total. The molecule has 0 aliphatic heterocycles. The van der Waals surface area contributed by atoms with Gasteiger partial charge in [-0.15, -0.1) is 0 Å². The van der Waals surface area contributed by atoms with E-state index in [2.05, 4.69) is 28.2 Å². The van der Waals surface area contributed by atoms with Crippen molar-refractivity contribution in [1.29, 1.82) is 0 Å². The fourth-order valence-electron chi connectivity index (χ4n) is 2.00. The van der Waals surface area contributed by atoms with Crippen molar-refractivity contribution in [3.05, 3.63) is 23.8 Å². The molecule has 0 radical (unpaired) electrons. The van der Waals surface area contributed by atoms with Crippen molar-refractivity contribution in [2.45, 2.75) is 26.2 Å². The molecule has 0 aliphatic carbocycles. The third kappa shape index (κ3) is 4.74. The van der Waals surface area contributed by atoms with Crippen LogP contribution in [0.2, 0.25) is 0 Å². The number of phenolic OH excluding ortho intramolecular Hbond substituents is 2. The van der Waals surface area contributed by atoms with E-state index in [0.717, 1.165) is 24.6 Å². The smallest absolute Gasteiger partial charge is 0.258 e. The molecule has 1 aromatic carbocycles. The molecule has 0 bridgehead atoms. The number of rotatable bonds is 7. The quantitative estimate of drug-likeness (QED) is 0.673. The maximum absolute atomic E-state index is 12.0. The van der Waals surface area contributed by atoms with Gasteiger partial charge in [0.2, 0.25) is 0 Å². The number of benzene rings is 1. The van der Waals surface area contributed by atoms with E-state index in [-0.39, 0.29) is 17.1 Å². The minimum atomic E-state index is -0.439. The van der Waals surface area contributed by atoms with Crippen LogP contribution in [0.4, 0.5) is 0 Å². The fraction of sp³-hybridized carbons (Fsp3) is 0.500. The van der Waals surface area contributed by atoms with Crippen LogP contribution in [-0.2, 0) is 0 Å². The maximum Gasteiger partial charge on any atom is 0.258 e. The van der Waals surface area contributed by atoms with Gasteiger partial charge in [-0.25, -0.2) is 0 Å². The van der Waals surface area contributed by atoms with Crippen LogP contribution in [0.15, 0.2) is 18.2 Å². The van der Waals surface area contributed by atoms with E-state index in [1.807, 2.05) is 0 Å². The summed E-state index contributed by atoms with van der Waals surface area (Å²) in [5, 5.41) is 22.9. The Hall–Kier alpha value is -1.23. The molecule has 0 saturated carbocycles. The lowest BCUT2D eigenvalue weighted by Gasteiger charge is -2.16. The monoisotopic (exact) mass is 329 g/mol. The molecule has 4 nitrogen and oxygen atoms in total. The number of amides is 1. The lowest BCUT2D eigenvalue weighted by molar-refractivity contribution is 0.0940. The van der Waals surface area contributed by atoms with E-state index in [9.17, 15) is 15.0 Å². The normalized spacial score (nSPS) is 12.1. The van der Waals surface area contributed by atoms with Crippen molar-refractivity contribution in [2.24, 2.45) is 5.92 Å². The molecule has 0 spiro atoms. The van der Waals surface area contributed by atoms with E-state index in [1.54, 1.807) is 0 Å². The number of hydrogen-bond acceptors (Lipinski definition) is 3. The lowest BCUT2D eigenvalue weighted by atomic mass is 10.0.